The van der Waals surface area contributed by atoms with Crippen LogP contribution in [0.4, 0.5) is 0 Å². The third kappa shape index (κ3) is 3.60. The molecule has 0 heterocycles. The molecule has 0 saturated carbocycles. The molecule has 0 bridgehead atoms. The first-order chi connectivity index (χ1) is 10.6. The van der Waals surface area contributed by atoms with Crippen LogP contribution in [0.5, 0.6) is 5.75 Å². The van der Waals surface area contributed by atoms with E-state index in [2.05, 4.69) is 13.8 Å². The van der Waals surface area contributed by atoms with Crippen molar-refractivity contribution in [2.75, 3.05) is 0 Å². The maximum atomic E-state index is 11.5. The van der Waals surface area contributed by atoms with E-state index in [1.165, 1.54) is 0 Å². The maximum Gasteiger partial charge on any atom is 0.218 e. The minimum Gasteiger partial charge on any atom is -0.507 e. The quantitative estimate of drug-likeness (QED) is 0.774. The average Bonchev–Trinajstić information content (AvgIpc) is 2.52. The van der Waals surface area contributed by atoms with Gasteiger partial charge in [-0.25, -0.2) is 0 Å². The van der Waals surface area contributed by atoms with E-state index in [1.54, 1.807) is 24.3 Å². The van der Waals surface area contributed by atoms with Gasteiger partial charge in [0.15, 0.2) is 0 Å². The van der Waals surface area contributed by atoms with E-state index in [0.717, 1.165) is 24.8 Å². The van der Waals surface area contributed by atoms with E-state index in [0.29, 0.717) is 22.3 Å². The van der Waals surface area contributed by atoms with Gasteiger partial charge in [0.25, 0.3) is 0 Å². The Morgan fingerprint density at radius 2 is 1.82 bits per heavy atom. The number of hydrogen-bond acceptors (Lipinski definition) is 2. The maximum absolute atomic E-state index is 11.5. The van der Waals surface area contributed by atoms with Crippen molar-refractivity contribution in [2.24, 2.45) is 0 Å². The molecular formula is C18H23O3P. The summed E-state index contributed by atoms with van der Waals surface area (Å²) in [7, 11) is -2.81. The van der Waals surface area contributed by atoms with Crippen molar-refractivity contribution in [1.82, 2.24) is 0 Å². The van der Waals surface area contributed by atoms with Crippen LogP contribution in [-0.2, 0) is 4.57 Å². The standard InChI is InChI=1S/C18H23O3P/c1-3-7-13(4-2)14-10-11-15(17(19)12-14)16-8-5-6-9-18(16)22(20)21/h5-6,8-13,19,22H,3-4,7H2,1-2H3,(H,20,21). The van der Waals surface area contributed by atoms with Gasteiger partial charge >= 0.3 is 0 Å². The van der Waals surface area contributed by atoms with Crippen LogP contribution in [0.15, 0.2) is 42.5 Å². The normalized spacial score (nSPS) is 13.8. The molecular weight excluding hydrogens is 295 g/mol. The number of benzene rings is 2. The van der Waals surface area contributed by atoms with Crippen LogP contribution >= 0.6 is 8.03 Å². The Morgan fingerprint density at radius 1 is 1.09 bits per heavy atom. The molecule has 0 aromatic heterocycles. The Bertz CT molecular complexity index is 667. The molecule has 0 amide bonds. The molecule has 4 heteroatoms. The number of phenols is 1. The third-order valence-electron chi connectivity index (χ3n) is 4.07. The Labute approximate surface area is 132 Å². The smallest absolute Gasteiger partial charge is 0.218 e. The molecule has 22 heavy (non-hydrogen) atoms. The molecule has 0 aliphatic carbocycles. The van der Waals surface area contributed by atoms with Crippen molar-refractivity contribution in [3.63, 3.8) is 0 Å². The molecule has 0 spiro atoms. The minimum absolute atomic E-state index is 0.169. The summed E-state index contributed by atoms with van der Waals surface area (Å²) in [5.41, 5.74) is 2.36. The van der Waals surface area contributed by atoms with E-state index >= 15 is 0 Å². The zero-order valence-corrected chi connectivity index (χ0v) is 14.0. The van der Waals surface area contributed by atoms with E-state index in [-0.39, 0.29) is 5.75 Å². The lowest BCUT2D eigenvalue weighted by atomic mass is 9.90. The lowest BCUT2D eigenvalue weighted by Crippen LogP contribution is -2.02. The first kappa shape index (κ1) is 16.8. The highest BCUT2D eigenvalue weighted by atomic mass is 31.1. The lowest BCUT2D eigenvalue weighted by Gasteiger charge is -2.16. The second-order valence-corrected chi connectivity index (χ2v) is 6.67. The Hall–Kier alpha value is -1.57. The minimum atomic E-state index is -2.81. The predicted octanol–water partition coefficient (Wildman–Crippen LogP) is 4.45. The summed E-state index contributed by atoms with van der Waals surface area (Å²) >= 11 is 0. The molecule has 118 valence electrons. The molecule has 2 aromatic carbocycles. The van der Waals surface area contributed by atoms with Gasteiger partial charge in [0.05, 0.1) is 0 Å². The van der Waals surface area contributed by atoms with Crippen molar-refractivity contribution in [1.29, 1.82) is 0 Å². The van der Waals surface area contributed by atoms with Crippen LogP contribution in [0.3, 0.4) is 0 Å². The molecule has 2 rings (SSSR count). The topological polar surface area (TPSA) is 57.5 Å². The van der Waals surface area contributed by atoms with E-state index < -0.39 is 8.03 Å². The van der Waals surface area contributed by atoms with Crippen molar-refractivity contribution >= 4 is 13.3 Å². The van der Waals surface area contributed by atoms with Gasteiger partial charge in [0.2, 0.25) is 8.03 Å². The summed E-state index contributed by atoms with van der Waals surface area (Å²) < 4.78 is 11.5. The highest BCUT2D eigenvalue weighted by Gasteiger charge is 2.15. The average molecular weight is 318 g/mol. The number of aromatic hydroxyl groups is 1. The number of rotatable bonds is 6. The summed E-state index contributed by atoms with van der Waals surface area (Å²) in [4.78, 5) is 9.47. The summed E-state index contributed by atoms with van der Waals surface area (Å²) in [5, 5.41) is 10.8. The SMILES string of the molecule is CCCC(CC)c1ccc(-c2ccccc2[PH](=O)O)c(O)c1. The van der Waals surface area contributed by atoms with Crippen molar-refractivity contribution < 1.29 is 14.6 Å². The van der Waals surface area contributed by atoms with E-state index in [4.69, 9.17) is 0 Å². The van der Waals surface area contributed by atoms with Gasteiger partial charge in [0, 0.05) is 10.9 Å². The number of phenolic OH excluding ortho intramolecular Hbond substituents is 1. The van der Waals surface area contributed by atoms with Crippen LogP contribution in [0.1, 0.15) is 44.6 Å². The molecule has 0 radical (unpaired) electrons. The van der Waals surface area contributed by atoms with Crippen LogP contribution in [-0.4, -0.2) is 10.00 Å². The van der Waals surface area contributed by atoms with E-state index in [9.17, 15) is 14.6 Å². The fourth-order valence-electron chi connectivity index (χ4n) is 2.89. The van der Waals surface area contributed by atoms with Crippen molar-refractivity contribution in [3.05, 3.63) is 48.0 Å². The summed E-state index contributed by atoms with van der Waals surface area (Å²) in [6, 6.07) is 12.6. The lowest BCUT2D eigenvalue weighted by molar-refractivity contribution is 0.474. The summed E-state index contributed by atoms with van der Waals surface area (Å²) in [5.74, 6) is 0.611. The predicted molar refractivity (Wildman–Crippen MR) is 92.3 cm³/mol. The molecule has 2 unspecified atom stereocenters. The van der Waals surface area contributed by atoms with Gasteiger partial charge in [-0.05, 0) is 42.0 Å². The van der Waals surface area contributed by atoms with Crippen LogP contribution in [0.25, 0.3) is 11.1 Å². The molecule has 0 fully saturated rings. The molecule has 3 nitrogen and oxygen atoms in total. The van der Waals surface area contributed by atoms with Crippen molar-refractivity contribution in [2.45, 2.75) is 39.0 Å². The fourth-order valence-corrected chi connectivity index (χ4v) is 3.58. The van der Waals surface area contributed by atoms with E-state index in [1.807, 2.05) is 18.2 Å². The third-order valence-corrected chi connectivity index (χ3v) is 4.97. The monoisotopic (exact) mass is 318 g/mol. The second kappa shape index (κ2) is 7.62. The highest BCUT2D eigenvalue weighted by molar-refractivity contribution is 7.47. The number of hydrogen-bond donors (Lipinski definition) is 2. The van der Waals surface area contributed by atoms with Crippen LogP contribution in [0, 0.1) is 0 Å². The Kier molecular flexibility index (Phi) is 5.82. The molecule has 0 aliphatic heterocycles. The second-order valence-electron chi connectivity index (χ2n) is 5.52. The van der Waals surface area contributed by atoms with Gasteiger partial charge in [-0.1, -0.05) is 50.6 Å². The highest BCUT2D eigenvalue weighted by Crippen LogP contribution is 2.35. The van der Waals surface area contributed by atoms with Gasteiger partial charge < -0.3 is 10.00 Å². The van der Waals surface area contributed by atoms with Gasteiger partial charge in [-0.3, -0.25) is 4.57 Å². The van der Waals surface area contributed by atoms with Gasteiger partial charge in [-0.2, -0.15) is 0 Å². The zero-order chi connectivity index (χ0) is 16.1. The van der Waals surface area contributed by atoms with Gasteiger partial charge in [0.1, 0.15) is 5.75 Å². The largest absolute Gasteiger partial charge is 0.507 e. The van der Waals surface area contributed by atoms with Crippen LogP contribution in [0.2, 0.25) is 0 Å². The zero-order valence-electron chi connectivity index (χ0n) is 13.0. The first-order valence-electron chi connectivity index (χ1n) is 7.74. The summed E-state index contributed by atoms with van der Waals surface area (Å²) in [6.45, 7) is 4.31. The van der Waals surface area contributed by atoms with Crippen molar-refractivity contribution in [3.8, 4) is 16.9 Å². The Morgan fingerprint density at radius 3 is 2.41 bits per heavy atom. The first-order valence-corrected chi connectivity index (χ1v) is 9.09. The van der Waals surface area contributed by atoms with Crippen LogP contribution < -0.4 is 5.30 Å². The molecule has 0 saturated heterocycles. The molecule has 2 atom stereocenters. The molecule has 0 aliphatic rings. The fraction of sp³-hybridized carbons (Fsp3) is 0.333. The molecule has 2 N–H and O–H groups in total. The Balaban J connectivity index is 2.45. The van der Waals surface area contributed by atoms with Gasteiger partial charge in [-0.15, -0.1) is 0 Å². The summed E-state index contributed by atoms with van der Waals surface area (Å²) in [6.07, 6.45) is 3.24. The molecule has 2 aromatic rings.